The zero-order chi connectivity index (χ0) is 15.9. The van der Waals surface area contributed by atoms with Gasteiger partial charge in [0, 0.05) is 11.3 Å². The van der Waals surface area contributed by atoms with Gasteiger partial charge in [-0.25, -0.2) is 0 Å². The van der Waals surface area contributed by atoms with Gasteiger partial charge in [0.05, 0.1) is 11.3 Å². The Morgan fingerprint density at radius 1 is 1.05 bits per heavy atom. The summed E-state index contributed by atoms with van der Waals surface area (Å²) in [5.74, 6) is -4.01. The molecule has 0 spiro atoms. The number of aliphatic carboxylic acids is 2. The first-order valence-electron chi connectivity index (χ1n) is 6.97. The first-order valence-corrected chi connectivity index (χ1v) is 6.97. The van der Waals surface area contributed by atoms with Gasteiger partial charge in [-0.1, -0.05) is 27.7 Å². The molecule has 0 aromatic heterocycles. The molecule has 0 radical (unpaired) electrons. The highest BCUT2D eigenvalue weighted by Crippen LogP contribution is 2.54. The third kappa shape index (κ3) is 2.45. The predicted octanol–water partition coefficient (Wildman–Crippen LogP) is 2.44. The Hall–Kier alpha value is -1.39. The maximum Gasteiger partial charge on any atom is 0.310 e. The Kier molecular flexibility index (Phi) is 4.32. The Labute approximate surface area is 119 Å². The number of Topliss-reactive ketones (excluding diaryl/α,β-unsaturated/α-hetero) is 1. The van der Waals surface area contributed by atoms with Crippen molar-refractivity contribution in [3.8, 4) is 0 Å². The molecule has 20 heavy (non-hydrogen) atoms. The topological polar surface area (TPSA) is 91.7 Å². The molecule has 0 aromatic carbocycles. The van der Waals surface area contributed by atoms with Crippen LogP contribution in [-0.2, 0) is 14.4 Å². The van der Waals surface area contributed by atoms with Gasteiger partial charge < -0.3 is 10.2 Å². The maximum absolute atomic E-state index is 12.5. The number of ketones is 1. The van der Waals surface area contributed by atoms with Crippen molar-refractivity contribution in [3.05, 3.63) is 0 Å². The summed E-state index contributed by atoms with van der Waals surface area (Å²) in [5, 5.41) is 19.1. The summed E-state index contributed by atoms with van der Waals surface area (Å²) in [7, 11) is 0. The minimum atomic E-state index is -1.41. The summed E-state index contributed by atoms with van der Waals surface area (Å²) in [6, 6.07) is 0. The second kappa shape index (κ2) is 5.19. The first kappa shape index (κ1) is 16.7. The van der Waals surface area contributed by atoms with E-state index in [-0.39, 0.29) is 24.0 Å². The molecule has 4 unspecified atom stereocenters. The molecule has 0 heterocycles. The van der Waals surface area contributed by atoms with E-state index in [0.717, 1.165) is 0 Å². The zero-order valence-electron chi connectivity index (χ0n) is 12.8. The zero-order valence-corrected chi connectivity index (χ0v) is 12.8. The fourth-order valence-corrected chi connectivity index (χ4v) is 4.12. The van der Waals surface area contributed by atoms with Gasteiger partial charge in [0.1, 0.15) is 5.78 Å². The second-order valence-electron chi connectivity index (χ2n) is 6.94. The van der Waals surface area contributed by atoms with Crippen molar-refractivity contribution in [2.24, 2.45) is 28.6 Å². The normalized spacial score (nSPS) is 37.7. The van der Waals surface area contributed by atoms with Gasteiger partial charge in [-0.15, -0.1) is 0 Å². The van der Waals surface area contributed by atoms with Gasteiger partial charge in [-0.05, 0) is 25.7 Å². The lowest BCUT2D eigenvalue weighted by Gasteiger charge is -2.49. The average Bonchev–Trinajstić information content (AvgIpc) is 2.25. The van der Waals surface area contributed by atoms with E-state index in [1.54, 1.807) is 20.8 Å². The highest BCUT2D eigenvalue weighted by Gasteiger charge is 2.61. The largest absolute Gasteiger partial charge is 0.481 e. The summed E-state index contributed by atoms with van der Waals surface area (Å²) in [6.07, 6.45) is 0.699. The van der Waals surface area contributed by atoms with Crippen molar-refractivity contribution in [1.82, 2.24) is 0 Å². The summed E-state index contributed by atoms with van der Waals surface area (Å²) in [4.78, 5) is 35.9. The second-order valence-corrected chi connectivity index (χ2v) is 6.94. The lowest BCUT2D eigenvalue weighted by molar-refractivity contribution is -0.180. The number of hydrogen-bond donors (Lipinski definition) is 2. The van der Waals surface area contributed by atoms with Crippen LogP contribution in [0.5, 0.6) is 0 Å². The van der Waals surface area contributed by atoms with Gasteiger partial charge in [-0.2, -0.15) is 0 Å². The number of carboxylic acid groups (broad SMARTS) is 2. The average molecular weight is 284 g/mol. The van der Waals surface area contributed by atoms with Gasteiger partial charge in [-0.3, -0.25) is 14.4 Å². The lowest BCUT2D eigenvalue weighted by atomic mass is 9.51. The highest BCUT2D eigenvalue weighted by atomic mass is 16.4. The first-order chi connectivity index (χ1) is 8.96. The number of hydrogen-bond acceptors (Lipinski definition) is 3. The van der Waals surface area contributed by atoms with Gasteiger partial charge in [0.25, 0.3) is 0 Å². The van der Waals surface area contributed by atoms with Crippen LogP contribution in [0.15, 0.2) is 0 Å². The standard InChI is InChI=1S/C15H24O5/c1-8(2)11(16)14(4)6-9(3)7-15(5,13(19)20)10(14)12(17)18/h8-10H,6-7H2,1-5H3,(H,17,18)(H,19,20). The van der Waals surface area contributed by atoms with Crippen molar-refractivity contribution < 1.29 is 24.6 Å². The smallest absolute Gasteiger partial charge is 0.310 e. The third-order valence-corrected chi connectivity index (χ3v) is 4.64. The number of carboxylic acids is 2. The van der Waals surface area contributed by atoms with Crippen LogP contribution >= 0.6 is 0 Å². The van der Waals surface area contributed by atoms with Crippen LogP contribution in [-0.4, -0.2) is 27.9 Å². The van der Waals surface area contributed by atoms with Crippen LogP contribution in [0.2, 0.25) is 0 Å². The molecule has 2 N–H and O–H groups in total. The minimum Gasteiger partial charge on any atom is -0.481 e. The van der Waals surface area contributed by atoms with E-state index < -0.39 is 28.7 Å². The fraction of sp³-hybridized carbons (Fsp3) is 0.800. The molecule has 1 aliphatic rings. The third-order valence-electron chi connectivity index (χ3n) is 4.64. The molecule has 1 fully saturated rings. The monoisotopic (exact) mass is 284 g/mol. The van der Waals surface area contributed by atoms with Gasteiger partial charge in [0.15, 0.2) is 0 Å². The van der Waals surface area contributed by atoms with E-state index in [1.165, 1.54) is 6.92 Å². The lowest BCUT2D eigenvalue weighted by Crippen LogP contribution is -2.57. The number of rotatable bonds is 4. The summed E-state index contributed by atoms with van der Waals surface area (Å²) < 4.78 is 0. The van der Waals surface area contributed by atoms with E-state index in [9.17, 15) is 24.6 Å². The SMILES string of the molecule is CC1CC(C)(C(=O)O)C(C(=O)O)C(C)(C(=O)C(C)C)C1. The molecular formula is C15H24O5. The number of carbonyl (C=O) groups is 3. The van der Waals surface area contributed by atoms with E-state index in [4.69, 9.17) is 0 Å². The van der Waals surface area contributed by atoms with Crippen molar-refractivity contribution in [1.29, 1.82) is 0 Å². The maximum atomic E-state index is 12.5. The molecule has 0 amide bonds. The molecule has 0 aromatic rings. The summed E-state index contributed by atoms with van der Waals surface area (Å²) in [5.41, 5.74) is -2.55. The Morgan fingerprint density at radius 3 is 1.85 bits per heavy atom. The molecule has 0 aliphatic heterocycles. The Balaban J connectivity index is 3.44. The van der Waals surface area contributed by atoms with Crippen molar-refractivity contribution in [2.75, 3.05) is 0 Å². The summed E-state index contributed by atoms with van der Waals surface area (Å²) >= 11 is 0. The predicted molar refractivity (Wildman–Crippen MR) is 73.2 cm³/mol. The minimum absolute atomic E-state index is 0.000556. The molecule has 4 atom stereocenters. The van der Waals surface area contributed by atoms with E-state index >= 15 is 0 Å². The highest BCUT2D eigenvalue weighted by molar-refractivity contribution is 5.94. The molecule has 1 aliphatic carbocycles. The van der Waals surface area contributed by atoms with Crippen LogP contribution in [0.1, 0.15) is 47.5 Å². The van der Waals surface area contributed by atoms with Crippen molar-refractivity contribution in [3.63, 3.8) is 0 Å². The Bertz CT molecular complexity index is 442. The molecule has 5 nitrogen and oxygen atoms in total. The molecule has 1 rings (SSSR count). The van der Waals surface area contributed by atoms with Gasteiger partial charge >= 0.3 is 11.9 Å². The van der Waals surface area contributed by atoms with Crippen LogP contribution in [0, 0.1) is 28.6 Å². The summed E-state index contributed by atoms with van der Waals surface area (Å²) in [6.45, 7) is 8.40. The van der Waals surface area contributed by atoms with Crippen LogP contribution in [0.3, 0.4) is 0 Å². The van der Waals surface area contributed by atoms with E-state index in [2.05, 4.69) is 0 Å². The molecule has 0 saturated heterocycles. The van der Waals surface area contributed by atoms with Crippen LogP contribution < -0.4 is 0 Å². The van der Waals surface area contributed by atoms with Crippen molar-refractivity contribution >= 4 is 17.7 Å². The van der Waals surface area contributed by atoms with Gasteiger partial charge in [0.2, 0.25) is 0 Å². The molecule has 5 heteroatoms. The molecule has 1 saturated carbocycles. The number of carbonyl (C=O) groups excluding carboxylic acids is 1. The van der Waals surface area contributed by atoms with Crippen molar-refractivity contribution in [2.45, 2.75) is 47.5 Å². The Morgan fingerprint density at radius 2 is 1.50 bits per heavy atom. The van der Waals surface area contributed by atoms with E-state index in [1.807, 2.05) is 6.92 Å². The molecule has 0 bridgehead atoms. The fourth-order valence-electron chi connectivity index (χ4n) is 4.12. The quantitative estimate of drug-likeness (QED) is 0.827. The van der Waals surface area contributed by atoms with Crippen LogP contribution in [0.4, 0.5) is 0 Å². The van der Waals surface area contributed by atoms with E-state index in [0.29, 0.717) is 6.42 Å². The molecular weight excluding hydrogens is 260 g/mol. The van der Waals surface area contributed by atoms with Crippen LogP contribution in [0.25, 0.3) is 0 Å². The molecule has 114 valence electrons.